The van der Waals surface area contributed by atoms with Crippen LogP contribution in [-0.4, -0.2) is 16.3 Å². The monoisotopic (exact) mass is 328 g/mol. The zero-order valence-corrected chi connectivity index (χ0v) is 14.6. The predicted octanol–water partition coefficient (Wildman–Crippen LogP) is 3.97. The summed E-state index contributed by atoms with van der Waals surface area (Å²) in [6.45, 7) is 11.2. The molecule has 0 aliphatic rings. The Morgan fingerprint density at radius 1 is 1.42 bits per heavy atom. The van der Waals surface area contributed by atoms with Crippen molar-refractivity contribution >= 4 is 11.0 Å². The van der Waals surface area contributed by atoms with Gasteiger partial charge in [0.15, 0.2) is 0 Å². The Labute approximate surface area is 141 Å². The minimum Gasteiger partial charge on any atom is -0.507 e. The maximum atomic E-state index is 12.5. The number of aryl methyl sites for hydroxylation is 1. The standard InChI is InChI=1S/C20H24O4/c1-6-20(5,11-14(21)10-12(2)3)17-18(22)16-13(4)8-7-9-15(16)24-19(17)23/h6-10,14,21-22H,1,11H2,2-5H3. The van der Waals surface area contributed by atoms with E-state index in [0.717, 1.165) is 11.1 Å². The molecule has 2 N–H and O–H groups in total. The van der Waals surface area contributed by atoms with Crippen molar-refractivity contribution in [1.29, 1.82) is 0 Å². The van der Waals surface area contributed by atoms with Gasteiger partial charge in [0, 0.05) is 5.41 Å². The number of benzene rings is 1. The molecule has 4 nitrogen and oxygen atoms in total. The van der Waals surface area contributed by atoms with Crippen molar-refractivity contribution in [2.45, 2.75) is 45.6 Å². The largest absolute Gasteiger partial charge is 0.507 e. The van der Waals surface area contributed by atoms with Crippen LogP contribution in [0.25, 0.3) is 11.0 Å². The lowest BCUT2D eigenvalue weighted by Gasteiger charge is -2.28. The molecule has 2 unspecified atom stereocenters. The molecule has 0 radical (unpaired) electrons. The Bertz CT molecular complexity index is 856. The van der Waals surface area contributed by atoms with Crippen LogP contribution in [-0.2, 0) is 5.41 Å². The SMILES string of the molecule is C=CC(C)(CC(O)C=C(C)C)c1c(O)c2c(C)cccc2oc1=O. The second-order valence-corrected chi connectivity index (χ2v) is 6.70. The van der Waals surface area contributed by atoms with E-state index in [2.05, 4.69) is 6.58 Å². The Kier molecular flexibility index (Phi) is 4.99. The number of fused-ring (bicyclic) bond motifs is 1. The quantitative estimate of drug-likeness (QED) is 0.643. The van der Waals surface area contributed by atoms with Gasteiger partial charge in [-0.2, -0.15) is 0 Å². The summed E-state index contributed by atoms with van der Waals surface area (Å²) in [5.74, 6) is -0.105. The highest BCUT2D eigenvalue weighted by atomic mass is 16.4. The van der Waals surface area contributed by atoms with E-state index in [4.69, 9.17) is 4.42 Å². The average molecular weight is 328 g/mol. The van der Waals surface area contributed by atoms with Gasteiger partial charge in [0.25, 0.3) is 0 Å². The van der Waals surface area contributed by atoms with Gasteiger partial charge in [-0.3, -0.25) is 0 Å². The van der Waals surface area contributed by atoms with Crippen molar-refractivity contribution in [3.8, 4) is 5.75 Å². The van der Waals surface area contributed by atoms with Gasteiger partial charge in [0.1, 0.15) is 11.3 Å². The molecule has 0 spiro atoms. The lowest BCUT2D eigenvalue weighted by atomic mass is 9.77. The third-order valence-corrected chi connectivity index (χ3v) is 4.30. The molecule has 0 aliphatic heterocycles. The Morgan fingerprint density at radius 3 is 2.67 bits per heavy atom. The van der Waals surface area contributed by atoms with E-state index in [9.17, 15) is 15.0 Å². The molecule has 1 aromatic heterocycles. The molecule has 0 saturated carbocycles. The molecule has 0 saturated heterocycles. The number of hydrogen-bond acceptors (Lipinski definition) is 4. The fourth-order valence-corrected chi connectivity index (χ4v) is 3.07. The zero-order valence-electron chi connectivity index (χ0n) is 14.6. The number of aliphatic hydroxyl groups is 1. The Balaban J connectivity index is 2.68. The molecule has 0 bridgehead atoms. The molecule has 2 rings (SSSR count). The Morgan fingerprint density at radius 2 is 2.08 bits per heavy atom. The van der Waals surface area contributed by atoms with Crippen molar-refractivity contribution in [1.82, 2.24) is 0 Å². The smallest absolute Gasteiger partial charge is 0.344 e. The molecule has 24 heavy (non-hydrogen) atoms. The summed E-state index contributed by atoms with van der Waals surface area (Å²) in [6, 6.07) is 5.26. The number of rotatable bonds is 5. The van der Waals surface area contributed by atoms with Crippen molar-refractivity contribution in [3.63, 3.8) is 0 Å². The van der Waals surface area contributed by atoms with Crippen molar-refractivity contribution in [3.05, 3.63) is 64.1 Å². The fraction of sp³-hybridized carbons (Fsp3) is 0.350. The van der Waals surface area contributed by atoms with Gasteiger partial charge in [0.2, 0.25) is 0 Å². The molecule has 2 aromatic rings. The highest BCUT2D eigenvalue weighted by molar-refractivity contribution is 5.87. The van der Waals surface area contributed by atoms with Crippen LogP contribution in [0.15, 0.2) is 51.7 Å². The summed E-state index contributed by atoms with van der Waals surface area (Å²) in [7, 11) is 0. The Hall–Kier alpha value is -2.33. The van der Waals surface area contributed by atoms with E-state index in [-0.39, 0.29) is 17.7 Å². The first-order valence-electron chi connectivity index (χ1n) is 7.92. The highest BCUT2D eigenvalue weighted by Crippen LogP contribution is 2.39. The van der Waals surface area contributed by atoms with Gasteiger partial charge in [0.05, 0.1) is 17.1 Å². The minimum atomic E-state index is -0.924. The summed E-state index contributed by atoms with van der Waals surface area (Å²) in [5.41, 5.74) is 0.716. The highest BCUT2D eigenvalue weighted by Gasteiger charge is 2.33. The average Bonchev–Trinajstić information content (AvgIpc) is 2.45. The predicted molar refractivity (Wildman–Crippen MR) is 96.5 cm³/mol. The number of aliphatic hydroxyl groups excluding tert-OH is 1. The van der Waals surface area contributed by atoms with E-state index in [1.54, 1.807) is 31.2 Å². The topological polar surface area (TPSA) is 70.7 Å². The normalized spacial score (nSPS) is 14.9. The van der Waals surface area contributed by atoms with Crippen LogP contribution < -0.4 is 5.63 Å². The first-order valence-corrected chi connectivity index (χ1v) is 7.92. The second kappa shape index (κ2) is 6.65. The summed E-state index contributed by atoms with van der Waals surface area (Å²) >= 11 is 0. The van der Waals surface area contributed by atoms with Crippen molar-refractivity contribution < 1.29 is 14.6 Å². The van der Waals surface area contributed by atoms with Gasteiger partial charge >= 0.3 is 5.63 Å². The summed E-state index contributed by atoms with van der Waals surface area (Å²) in [6.07, 6.45) is 2.75. The van der Waals surface area contributed by atoms with E-state index in [0.29, 0.717) is 11.0 Å². The molecule has 1 aromatic carbocycles. The van der Waals surface area contributed by atoms with E-state index >= 15 is 0 Å². The number of aromatic hydroxyl groups is 1. The van der Waals surface area contributed by atoms with Crippen LogP contribution in [0.3, 0.4) is 0 Å². The van der Waals surface area contributed by atoms with Crippen LogP contribution >= 0.6 is 0 Å². The maximum Gasteiger partial charge on any atom is 0.344 e. The van der Waals surface area contributed by atoms with Crippen molar-refractivity contribution in [2.24, 2.45) is 0 Å². The van der Waals surface area contributed by atoms with E-state index in [1.807, 2.05) is 26.8 Å². The molecule has 4 heteroatoms. The zero-order chi connectivity index (χ0) is 18.1. The molecular weight excluding hydrogens is 304 g/mol. The van der Waals surface area contributed by atoms with Crippen LogP contribution in [0.1, 0.15) is 38.3 Å². The first kappa shape index (κ1) is 18.0. The lowest BCUT2D eigenvalue weighted by Crippen LogP contribution is -2.30. The van der Waals surface area contributed by atoms with E-state index in [1.165, 1.54) is 0 Å². The molecule has 0 fully saturated rings. The van der Waals surface area contributed by atoms with Gasteiger partial charge in [-0.15, -0.1) is 6.58 Å². The number of allylic oxidation sites excluding steroid dienone is 2. The molecule has 2 atom stereocenters. The van der Waals surface area contributed by atoms with Crippen LogP contribution in [0.4, 0.5) is 0 Å². The van der Waals surface area contributed by atoms with Crippen LogP contribution in [0, 0.1) is 6.92 Å². The van der Waals surface area contributed by atoms with Crippen LogP contribution in [0.2, 0.25) is 0 Å². The summed E-state index contributed by atoms with van der Waals surface area (Å²) in [5, 5.41) is 21.5. The maximum absolute atomic E-state index is 12.5. The van der Waals surface area contributed by atoms with Gasteiger partial charge in [-0.1, -0.05) is 36.8 Å². The van der Waals surface area contributed by atoms with Gasteiger partial charge in [-0.25, -0.2) is 4.79 Å². The van der Waals surface area contributed by atoms with Crippen LogP contribution in [0.5, 0.6) is 5.75 Å². The lowest BCUT2D eigenvalue weighted by molar-refractivity contribution is 0.187. The molecular formula is C20H24O4. The van der Waals surface area contributed by atoms with E-state index < -0.39 is 17.1 Å². The third-order valence-electron chi connectivity index (χ3n) is 4.30. The molecule has 0 aliphatic carbocycles. The molecule has 1 heterocycles. The van der Waals surface area contributed by atoms with Gasteiger partial charge in [-0.05, 0) is 38.8 Å². The summed E-state index contributed by atoms with van der Waals surface area (Å²) < 4.78 is 5.40. The first-order chi connectivity index (χ1) is 11.2. The molecule has 128 valence electrons. The van der Waals surface area contributed by atoms with Gasteiger partial charge < -0.3 is 14.6 Å². The minimum absolute atomic E-state index is 0.105. The van der Waals surface area contributed by atoms with Crippen molar-refractivity contribution in [2.75, 3.05) is 0 Å². The fourth-order valence-electron chi connectivity index (χ4n) is 3.07. The number of hydrogen-bond donors (Lipinski definition) is 2. The second-order valence-electron chi connectivity index (χ2n) is 6.70. The third kappa shape index (κ3) is 3.29. The summed E-state index contributed by atoms with van der Waals surface area (Å²) in [4.78, 5) is 12.5. The molecule has 0 amide bonds.